The number of hydrogen-bond acceptors (Lipinski definition) is 1. The molecule has 0 radical (unpaired) electrons. The van der Waals surface area contributed by atoms with Crippen LogP contribution in [0, 0.1) is 0 Å². The Morgan fingerprint density at radius 1 is 0.588 bits per heavy atom. The lowest BCUT2D eigenvalue weighted by Gasteiger charge is -2.35. The number of anilines is 2. The predicted molar refractivity (Wildman–Crippen MR) is 149 cm³/mol. The lowest BCUT2D eigenvalue weighted by molar-refractivity contribution is 0.569. The number of hydrogen-bond donors (Lipinski definition) is 1. The molecule has 0 saturated carbocycles. The molecule has 1 nitrogen and oxygen atoms in total. The van der Waals surface area contributed by atoms with E-state index >= 15 is 0 Å². The Kier molecular flexibility index (Phi) is 4.99. The summed E-state index contributed by atoms with van der Waals surface area (Å²) in [6.45, 7) is 18.5. The van der Waals surface area contributed by atoms with Gasteiger partial charge in [0.25, 0.3) is 0 Å². The normalized spacial score (nSPS) is 14.7. The second-order valence-electron chi connectivity index (χ2n) is 12.5. The van der Waals surface area contributed by atoms with E-state index in [9.17, 15) is 0 Å². The predicted octanol–water partition coefficient (Wildman–Crippen LogP) is 9.48. The molecule has 174 valence electrons. The van der Waals surface area contributed by atoms with Crippen molar-refractivity contribution in [2.24, 2.45) is 0 Å². The number of nitrogens with one attached hydrogen (secondary N) is 1. The minimum absolute atomic E-state index is 0.0648. The molecule has 34 heavy (non-hydrogen) atoms. The van der Waals surface area contributed by atoms with Crippen LogP contribution in [-0.4, -0.2) is 0 Å². The van der Waals surface area contributed by atoms with Crippen molar-refractivity contribution < 1.29 is 0 Å². The maximum atomic E-state index is 3.77. The first kappa shape index (κ1) is 22.7. The fourth-order valence-electron chi connectivity index (χ4n) is 5.34. The maximum absolute atomic E-state index is 3.77. The van der Waals surface area contributed by atoms with E-state index in [1.807, 2.05) is 0 Å². The second kappa shape index (κ2) is 7.47. The molecule has 0 spiro atoms. The molecule has 0 bridgehead atoms. The van der Waals surface area contributed by atoms with Gasteiger partial charge in [-0.3, -0.25) is 0 Å². The van der Waals surface area contributed by atoms with Crippen molar-refractivity contribution >= 4 is 22.1 Å². The van der Waals surface area contributed by atoms with E-state index in [1.165, 1.54) is 44.2 Å². The molecule has 1 heteroatoms. The molecule has 1 aliphatic rings. The molecule has 4 aromatic rings. The topological polar surface area (TPSA) is 12.0 Å². The zero-order valence-corrected chi connectivity index (χ0v) is 21.9. The van der Waals surface area contributed by atoms with E-state index in [4.69, 9.17) is 0 Å². The quantitative estimate of drug-likeness (QED) is 0.322. The van der Waals surface area contributed by atoms with Crippen molar-refractivity contribution in [3.05, 3.63) is 95.1 Å². The van der Waals surface area contributed by atoms with Gasteiger partial charge >= 0.3 is 0 Å². The summed E-state index contributed by atoms with van der Waals surface area (Å²) in [5, 5.41) is 6.49. The highest BCUT2D eigenvalue weighted by Crippen LogP contribution is 2.49. The molecule has 0 amide bonds. The molecule has 0 unspecified atom stereocenters. The highest BCUT2D eigenvalue weighted by Gasteiger charge is 2.33. The second-order valence-corrected chi connectivity index (χ2v) is 12.5. The van der Waals surface area contributed by atoms with E-state index in [0.29, 0.717) is 0 Å². The summed E-state index contributed by atoms with van der Waals surface area (Å²) in [6.07, 6.45) is 0. The fourth-order valence-corrected chi connectivity index (χ4v) is 5.34. The van der Waals surface area contributed by atoms with Crippen molar-refractivity contribution in [2.45, 2.75) is 71.6 Å². The Morgan fingerprint density at radius 2 is 1.21 bits per heavy atom. The molecule has 0 fully saturated rings. The van der Waals surface area contributed by atoms with Crippen LogP contribution in [0.15, 0.2) is 72.8 Å². The number of benzene rings is 4. The third-order valence-corrected chi connectivity index (χ3v) is 7.51. The Morgan fingerprint density at radius 3 is 1.82 bits per heavy atom. The van der Waals surface area contributed by atoms with Crippen LogP contribution in [-0.2, 0) is 16.2 Å². The Labute approximate surface area is 205 Å². The first-order valence-corrected chi connectivity index (χ1v) is 12.5. The average Bonchev–Trinajstić information content (AvgIpc) is 2.76. The van der Waals surface area contributed by atoms with Crippen LogP contribution in [0.4, 0.5) is 11.4 Å². The summed E-state index contributed by atoms with van der Waals surface area (Å²) in [5.41, 5.74) is 10.6. The van der Waals surface area contributed by atoms with Crippen molar-refractivity contribution in [3.8, 4) is 11.1 Å². The summed E-state index contributed by atoms with van der Waals surface area (Å²) in [4.78, 5) is 0. The highest BCUT2D eigenvalue weighted by atomic mass is 14.9. The van der Waals surface area contributed by atoms with Gasteiger partial charge in [-0.2, -0.15) is 0 Å². The summed E-state index contributed by atoms with van der Waals surface area (Å²) in [5.74, 6) is 0. The van der Waals surface area contributed by atoms with Gasteiger partial charge in [0.2, 0.25) is 0 Å². The summed E-state index contributed by atoms with van der Waals surface area (Å²) in [6, 6.07) is 27.3. The van der Waals surface area contributed by atoms with Crippen LogP contribution in [0.25, 0.3) is 21.9 Å². The third kappa shape index (κ3) is 3.72. The summed E-state index contributed by atoms with van der Waals surface area (Å²) in [7, 11) is 0. The largest absolute Gasteiger partial charge is 0.356 e. The van der Waals surface area contributed by atoms with Gasteiger partial charge in [-0.25, -0.2) is 0 Å². The van der Waals surface area contributed by atoms with Gasteiger partial charge < -0.3 is 5.32 Å². The van der Waals surface area contributed by atoms with E-state index in [-0.39, 0.29) is 16.2 Å². The van der Waals surface area contributed by atoms with Gasteiger partial charge in [-0.1, -0.05) is 104 Å². The first-order valence-electron chi connectivity index (χ1n) is 12.5. The van der Waals surface area contributed by atoms with E-state index in [2.05, 4.69) is 134 Å². The van der Waals surface area contributed by atoms with Crippen LogP contribution < -0.4 is 5.32 Å². The molecular formula is C33H37N. The molecule has 5 rings (SSSR count). The zero-order chi connectivity index (χ0) is 24.5. The lowest BCUT2D eigenvalue weighted by Crippen LogP contribution is -2.23. The summed E-state index contributed by atoms with van der Waals surface area (Å²) < 4.78 is 0. The van der Waals surface area contributed by atoms with Gasteiger partial charge in [0.1, 0.15) is 0 Å². The molecule has 0 aliphatic heterocycles. The van der Waals surface area contributed by atoms with Crippen LogP contribution in [0.2, 0.25) is 0 Å². The Bertz CT molecular complexity index is 1370. The average molecular weight is 448 g/mol. The van der Waals surface area contributed by atoms with Gasteiger partial charge in [-0.15, -0.1) is 0 Å². The first-order chi connectivity index (χ1) is 15.9. The lowest BCUT2D eigenvalue weighted by atomic mass is 9.68. The molecular weight excluding hydrogens is 410 g/mol. The molecule has 0 atom stereocenters. The van der Waals surface area contributed by atoms with Crippen LogP contribution in [0.5, 0.6) is 0 Å². The monoisotopic (exact) mass is 447 g/mol. The van der Waals surface area contributed by atoms with E-state index in [0.717, 1.165) is 11.4 Å². The third-order valence-electron chi connectivity index (χ3n) is 7.51. The van der Waals surface area contributed by atoms with Gasteiger partial charge in [0, 0.05) is 16.8 Å². The standard InChI is InChI=1S/C33H37N/c1-31(2,3)22-17-23(32(4,5)6)19-25(18-22)34-24-15-16-26-27-13-9-11-21-12-10-14-28(30(21)27)33(7,8)29(26)20-24/h9-20,34H,1-8H3. The maximum Gasteiger partial charge on any atom is 0.0390 e. The van der Waals surface area contributed by atoms with Crippen molar-refractivity contribution in [1.82, 2.24) is 0 Å². The van der Waals surface area contributed by atoms with Gasteiger partial charge in [0.05, 0.1) is 0 Å². The van der Waals surface area contributed by atoms with E-state index in [1.54, 1.807) is 0 Å². The van der Waals surface area contributed by atoms with Gasteiger partial charge in [-0.05, 0) is 79.2 Å². The van der Waals surface area contributed by atoms with Crippen molar-refractivity contribution in [3.63, 3.8) is 0 Å². The highest BCUT2D eigenvalue weighted by molar-refractivity contribution is 6.03. The molecule has 1 aliphatic carbocycles. The summed E-state index contributed by atoms with van der Waals surface area (Å²) >= 11 is 0. The van der Waals surface area contributed by atoms with Gasteiger partial charge in [0.15, 0.2) is 0 Å². The van der Waals surface area contributed by atoms with Crippen LogP contribution in [0.1, 0.15) is 77.6 Å². The molecule has 0 heterocycles. The Balaban J connectivity index is 1.63. The smallest absolute Gasteiger partial charge is 0.0390 e. The Hall–Kier alpha value is -3.06. The van der Waals surface area contributed by atoms with Crippen LogP contribution in [0.3, 0.4) is 0 Å². The number of fused-ring (bicyclic) bond motifs is 2. The molecule has 4 aromatic carbocycles. The molecule has 1 N–H and O–H groups in total. The van der Waals surface area contributed by atoms with E-state index < -0.39 is 0 Å². The minimum atomic E-state index is -0.0648. The van der Waals surface area contributed by atoms with Crippen molar-refractivity contribution in [1.29, 1.82) is 0 Å². The SMILES string of the molecule is CC(C)(C)c1cc(Nc2ccc3c(c2)C(C)(C)c2cccc4cccc-3c24)cc(C(C)(C)C)c1. The molecule has 0 aromatic heterocycles. The minimum Gasteiger partial charge on any atom is -0.356 e. The fraction of sp³-hybridized carbons (Fsp3) is 0.333. The number of rotatable bonds is 2. The van der Waals surface area contributed by atoms with Crippen LogP contribution >= 0.6 is 0 Å². The van der Waals surface area contributed by atoms with Crippen molar-refractivity contribution in [2.75, 3.05) is 5.32 Å². The molecule has 0 saturated heterocycles. The zero-order valence-electron chi connectivity index (χ0n) is 21.9.